The van der Waals surface area contributed by atoms with Crippen LogP contribution in [0.3, 0.4) is 0 Å². The van der Waals surface area contributed by atoms with Gasteiger partial charge in [0.25, 0.3) is 0 Å². The van der Waals surface area contributed by atoms with E-state index in [1.54, 1.807) is 0 Å². The minimum atomic E-state index is 0.402. The van der Waals surface area contributed by atoms with Crippen LogP contribution in [0.15, 0.2) is 29.4 Å². The molecule has 1 fully saturated rings. The molecule has 0 aromatic heterocycles. The molecule has 1 unspecified atom stereocenters. The molecule has 0 bridgehead atoms. The Balaban J connectivity index is 1.53. The fourth-order valence-electron chi connectivity index (χ4n) is 3.65. The van der Waals surface area contributed by atoms with Crippen molar-refractivity contribution >= 4 is 18.2 Å². The summed E-state index contributed by atoms with van der Waals surface area (Å²) in [5, 5.41) is 5.11. The van der Waals surface area contributed by atoms with E-state index < -0.39 is 0 Å². The zero-order chi connectivity index (χ0) is 16.1. The standard InChI is InChI=1S/C20H30N2S/c1-3-5-6-17-7-11-18(12-8-17)20-15-21-22(23-20)19-13-9-16(4-2)10-14-19/h7-8,11-12,15-16,19-20H,3-6,9-10,13-14H2,1-2H3. The number of hydrogen-bond donors (Lipinski definition) is 0. The molecular formula is C20H30N2S. The molecule has 3 heteroatoms. The first-order chi connectivity index (χ1) is 11.3. The lowest BCUT2D eigenvalue weighted by molar-refractivity contribution is 0.230. The van der Waals surface area contributed by atoms with Gasteiger partial charge >= 0.3 is 0 Å². The topological polar surface area (TPSA) is 15.6 Å². The molecule has 1 aliphatic carbocycles. The largest absolute Gasteiger partial charge is 0.235 e. The van der Waals surface area contributed by atoms with Crippen molar-refractivity contribution in [1.82, 2.24) is 4.41 Å². The molecule has 0 amide bonds. The minimum absolute atomic E-state index is 0.402. The van der Waals surface area contributed by atoms with Crippen LogP contribution in [-0.2, 0) is 6.42 Å². The second-order valence-corrected chi connectivity index (χ2v) is 8.11. The van der Waals surface area contributed by atoms with Gasteiger partial charge < -0.3 is 0 Å². The molecule has 1 atom stereocenters. The van der Waals surface area contributed by atoms with Crippen molar-refractivity contribution in [3.8, 4) is 0 Å². The summed E-state index contributed by atoms with van der Waals surface area (Å²) in [6.45, 7) is 4.58. The fourth-order valence-corrected chi connectivity index (χ4v) is 4.77. The maximum Gasteiger partial charge on any atom is 0.0882 e. The van der Waals surface area contributed by atoms with Crippen molar-refractivity contribution in [2.24, 2.45) is 11.0 Å². The molecule has 23 heavy (non-hydrogen) atoms. The Kier molecular flexibility index (Phi) is 6.04. The summed E-state index contributed by atoms with van der Waals surface area (Å²) in [5.41, 5.74) is 2.86. The third kappa shape index (κ3) is 4.32. The van der Waals surface area contributed by atoms with Crippen LogP contribution < -0.4 is 0 Å². The quantitative estimate of drug-likeness (QED) is 0.595. The highest BCUT2D eigenvalue weighted by Crippen LogP contribution is 2.41. The van der Waals surface area contributed by atoms with Crippen molar-refractivity contribution in [3.63, 3.8) is 0 Å². The zero-order valence-electron chi connectivity index (χ0n) is 14.6. The van der Waals surface area contributed by atoms with Gasteiger partial charge in [-0.15, -0.1) is 0 Å². The highest BCUT2D eigenvalue weighted by atomic mass is 32.2. The van der Waals surface area contributed by atoms with E-state index >= 15 is 0 Å². The van der Waals surface area contributed by atoms with Crippen molar-refractivity contribution < 1.29 is 0 Å². The molecule has 2 aliphatic rings. The lowest BCUT2D eigenvalue weighted by Gasteiger charge is -2.32. The van der Waals surface area contributed by atoms with E-state index in [0.717, 1.165) is 5.92 Å². The van der Waals surface area contributed by atoms with Crippen LogP contribution in [0, 0.1) is 5.92 Å². The number of hydrogen-bond acceptors (Lipinski definition) is 3. The Bertz CT molecular complexity index is 503. The first-order valence-electron chi connectivity index (χ1n) is 9.39. The average molecular weight is 331 g/mol. The average Bonchev–Trinajstić information content (AvgIpc) is 3.10. The normalized spacial score (nSPS) is 27.6. The van der Waals surface area contributed by atoms with Crippen LogP contribution in [0.25, 0.3) is 0 Å². The predicted molar refractivity (Wildman–Crippen MR) is 102 cm³/mol. The number of nitrogens with zero attached hydrogens (tertiary/aromatic N) is 2. The third-order valence-corrected chi connectivity index (χ3v) is 6.60. The Morgan fingerprint density at radius 3 is 2.48 bits per heavy atom. The van der Waals surface area contributed by atoms with Crippen LogP contribution in [0.5, 0.6) is 0 Å². The summed E-state index contributed by atoms with van der Waals surface area (Å²) >= 11 is 1.91. The molecule has 0 saturated heterocycles. The number of aryl methyl sites for hydroxylation is 1. The van der Waals surface area contributed by atoms with Crippen molar-refractivity contribution in [2.75, 3.05) is 0 Å². The Hall–Kier alpha value is -0.960. The number of rotatable bonds is 6. The summed E-state index contributed by atoms with van der Waals surface area (Å²) in [6, 6.07) is 9.84. The fraction of sp³-hybridized carbons (Fsp3) is 0.650. The summed E-state index contributed by atoms with van der Waals surface area (Å²) in [6.07, 6.45) is 12.6. The molecule has 0 radical (unpaired) electrons. The Labute approximate surface area is 145 Å². The highest BCUT2D eigenvalue weighted by Gasteiger charge is 2.30. The summed E-state index contributed by atoms with van der Waals surface area (Å²) in [5.74, 6) is 0.953. The molecule has 0 spiro atoms. The van der Waals surface area contributed by atoms with Gasteiger partial charge in [-0.1, -0.05) is 51.0 Å². The molecule has 1 saturated carbocycles. The molecule has 1 aromatic carbocycles. The van der Waals surface area contributed by atoms with E-state index in [2.05, 4.69) is 48.7 Å². The van der Waals surface area contributed by atoms with E-state index in [1.165, 1.54) is 62.5 Å². The van der Waals surface area contributed by atoms with E-state index in [0.29, 0.717) is 11.3 Å². The lowest BCUT2D eigenvalue weighted by atomic mass is 9.85. The van der Waals surface area contributed by atoms with Gasteiger partial charge in [0.05, 0.1) is 11.3 Å². The maximum absolute atomic E-state index is 4.71. The number of hydrazone groups is 1. The maximum atomic E-state index is 4.71. The third-order valence-electron chi connectivity index (χ3n) is 5.37. The summed E-state index contributed by atoms with van der Waals surface area (Å²) in [7, 11) is 0. The Morgan fingerprint density at radius 2 is 1.83 bits per heavy atom. The molecule has 1 heterocycles. The van der Waals surface area contributed by atoms with Crippen molar-refractivity contribution in [1.29, 1.82) is 0 Å². The SMILES string of the molecule is CCCCc1ccc(C2C=NN(C3CCC(CC)CC3)S2)cc1. The molecule has 1 aliphatic heterocycles. The van der Waals surface area contributed by atoms with Gasteiger partial charge in [-0.3, -0.25) is 0 Å². The van der Waals surface area contributed by atoms with Crippen LogP contribution in [-0.4, -0.2) is 16.7 Å². The van der Waals surface area contributed by atoms with Crippen LogP contribution >= 0.6 is 11.9 Å². The van der Waals surface area contributed by atoms with Crippen molar-refractivity contribution in [3.05, 3.63) is 35.4 Å². The monoisotopic (exact) mass is 330 g/mol. The van der Waals surface area contributed by atoms with E-state index in [9.17, 15) is 0 Å². The highest BCUT2D eigenvalue weighted by molar-refractivity contribution is 7.98. The lowest BCUT2D eigenvalue weighted by Crippen LogP contribution is -2.28. The van der Waals surface area contributed by atoms with Crippen LogP contribution in [0.1, 0.15) is 75.2 Å². The second kappa shape index (κ2) is 8.23. The van der Waals surface area contributed by atoms with Gasteiger partial charge in [0.2, 0.25) is 0 Å². The Morgan fingerprint density at radius 1 is 1.09 bits per heavy atom. The predicted octanol–water partition coefficient (Wildman–Crippen LogP) is 5.99. The zero-order valence-corrected chi connectivity index (χ0v) is 15.4. The van der Waals surface area contributed by atoms with Gasteiger partial charge in [0.1, 0.15) is 0 Å². The second-order valence-electron chi connectivity index (χ2n) is 7.02. The van der Waals surface area contributed by atoms with Crippen LogP contribution in [0.2, 0.25) is 0 Å². The van der Waals surface area contributed by atoms with E-state index in [-0.39, 0.29) is 0 Å². The van der Waals surface area contributed by atoms with Gasteiger partial charge in [-0.2, -0.15) is 5.10 Å². The molecule has 126 valence electrons. The molecule has 1 aromatic rings. The summed E-state index contributed by atoms with van der Waals surface area (Å²) in [4.78, 5) is 0. The minimum Gasteiger partial charge on any atom is -0.235 e. The van der Waals surface area contributed by atoms with E-state index in [1.807, 2.05) is 11.9 Å². The number of unbranched alkanes of at least 4 members (excludes halogenated alkanes) is 1. The smallest absolute Gasteiger partial charge is 0.0882 e. The van der Waals surface area contributed by atoms with Gasteiger partial charge in [-0.05, 0) is 67.5 Å². The van der Waals surface area contributed by atoms with Crippen LogP contribution in [0.4, 0.5) is 0 Å². The molecule has 3 rings (SSSR count). The van der Waals surface area contributed by atoms with E-state index in [4.69, 9.17) is 5.10 Å². The van der Waals surface area contributed by atoms with Crippen molar-refractivity contribution in [2.45, 2.75) is 76.5 Å². The summed E-state index contributed by atoms with van der Waals surface area (Å²) < 4.78 is 2.29. The molecule has 0 N–H and O–H groups in total. The molecule has 2 nitrogen and oxygen atoms in total. The van der Waals surface area contributed by atoms with Gasteiger partial charge in [-0.25, -0.2) is 4.41 Å². The molecular weight excluding hydrogens is 300 g/mol. The van der Waals surface area contributed by atoms with Gasteiger partial charge in [0, 0.05) is 6.21 Å². The van der Waals surface area contributed by atoms with Gasteiger partial charge in [0.15, 0.2) is 0 Å². The first-order valence-corrected chi connectivity index (χ1v) is 10.2. The number of benzene rings is 1. The first kappa shape index (κ1) is 16.9.